The van der Waals surface area contributed by atoms with E-state index in [1.807, 2.05) is 4.90 Å². The minimum atomic E-state index is 0.204. The van der Waals surface area contributed by atoms with Crippen molar-refractivity contribution >= 4 is 5.91 Å². The predicted molar refractivity (Wildman–Crippen MR) is 61.1 cm³/mol. The molecule has 0 N–H and O–H groups in total. The fourth-order valence-electron chi connectivity index (χ4n) is 2.24. The van der Waals surface area contributed by atoms with Gasteiger partial charge in [0.05, 0.1) is 33.7 Å². The second-order valence-corrected chi connectivity index (χ2v) is 4.80. The predicted octanol–water partition coefficient (Wildman–Crippen LogP) is 0.552. The summed E-state index contributed by atoms with van der Waals surface area (Å²) in [5.41, 5.74) is 0. The second kappa shape index (κ2) is 4.94. The highest BCUT2D eigenvalue weighted by atomic mass is 16.2. The third kappa shape index (κ3) is 3.18. The van der Waals surface area contributed by atoms with Crippen LogP contribution in [0.15, 0.2) is 0 Å². The summed E-state index contributed by atoms with van der Waals surface area (Å²) in [5, 5.41) is 2.45. The summed E-state index contributed by atoms with van der Waals surface area (Å²) in [5.74, 6) is 0.204. The Kier molecular flexibility index (Phi) is 4.11. The first-order valence-electron chi connectivity index (χ1n) is 5.81. The van der Waals surface area contributed by atoms with Crippen molar-refractivity contribution in [2.45, 2.75) is 20.3 Å². The second-order valence-electron chi connectivity index (χ2n) is 4.80. The molecule has 1 fully saturated rings. The minimum absolute atomic E-state index is 0.204. The molecule has 0 saturated carbocycles. The molecule has 1 rings (SSSR count). The number of carbonyl (C=O) groups is 1. The van der Waals surface area contributed by atoms with Crippen molar-refractivity contribution in [2.75, 3.05) is 46.8 Å². The Morgan fingerprint density at radius 3 is 2.13 bits per heavy atom. The van der Waals surface area contributed by atoms with E-state index in [0.29, 0.717) is 0 Å². The molecule has 1 amide bonds. The van der Waals surface area contributed by atoms with Crippen molar-refractivity contribution in [3.63, 3.8) is 0 Å². The molecule has 0 unspecified atom stereocenters. The van der Waals surface area contributed by atoms with Crippen LogP contribution in [0.25, 0.3) is 0 Å². The lowest BCUT2D eigenvalue weighted by molar-refractivity contribution is -1.00. The SMILES string of the molecule is CCC[N+](C)(C)N1CCN(C(C)=O)CC1. The van der Waals surface area contributed by atoms with E-state index in [1.165, 1.54) is 13.0 Å². The first-order chi connectivity index (χ1) is 6.97. The monoisotopic (exact) mass is 214 g/mol. The van der Waals surface area contributed by atoms with Gasteiger partial charge in [0.1, 0.15) is 0 Å². The van der Waals surface area contributed by atoms with E-state index < -0.39 is 0 Å². The van der Waals surface area contributed by atoms with Crippen LogP contribution in [0.5, 0.6) is 0 Å². The van der Waals surface area contributed by atoms with E-state index in [2.05, 4.69) is 26.0 Å². The van der Waals surface area contributed by atoms with Crippen LogP contribution < -0.4 is 0 Å². The largest absolute Gasteiger partial charge is 0.340 e. The van der Waals surface area contributed by atoms with Crippen LogP contribution in [0, 0.1) is 0 Å². The third-order valence-electron chi connectivity index (χ3n) is 3.24. The van der Waals surface area contributed by atoms with E-state index >= 15 is 0 Å². The minimum Gasteiger partial charge on any atom is -0.340 e. The highest BCUT2D eigenvalue weighted by Crippen LogP contribution is 2.11. The maximum atomic E-state index is 11.2. The zero-order chi connectivity index (χ0) is 11.5. The van der Waals surface area contributed by atoms with E-state index in [4.69, 9.17) is 0 Å². The van der Waals surface area contributed by atoms with Gasteiger partial charge < -0.3 is 4.90 Å². The van der Waals surface area contributed by atoms with E-state index in [-0.39, 0.29) is 5.91 Å². The maximum Gasteiger partial charge on any atom is 0.219 e. The molecule has 1 aliphatic rings. The van der Waals surface area contributed by atoms with Crippen LogP contribution >= 0.6 is 0 Å². The standard InChI is InChI=1S/C11H24N3O/c1-5-10-14(3,4)13-8-6-12(7-9-13)11(2)15/h5-10H2,1-4H3/q+1. The van der Waals surface area contributed by atoms with Crippen LogP contribution in [0.3, 0.4) is 0 Å². The van der Waals surface area contributed by atoms with Gasteiger partial charge in [0.25, 0.3) is 0 Å². The van der Waals surface area contributed by atoms with Crippen LogP contribution in [0.2, 0.25) is 0 Å². The first kappa shape index (κ1) is 12.5. The summed E-state index contributed by atoms with van der Waals surface area (Å²) in [4.78, 5) is 13.1. The van der Waals surface area contributed by atoms with Gasteiger partial charge in [-0.15, -0.1) is 0 Å². The van der Waals surface area contributed by atoms with Crippen molar-refractivity contribution in [3.05, 3.63) is 0 Å². The van der Waals surface area contributed by atoms with Crippen molar-refractivity contribution < 1.29 is 9.39 Å². The number of amides is 1. The maximum absolute atomic E-state index is 11.2. The van der Waals surface area contributed by atoms with E-state index in [1.54, 1.807) is 6.92 Å². The summed E-state index contributed by atoms with van der Waals surface area (Å²) in [7, 11) is 4.49. The number of piperazine rings is 1. The van der Waals surface area contributed by atoms with Crippen molar-refractivity contribution in [1.82, 2.24) is 9.91 Å². The number of hydrogen-bond acceptors (Lipinski definition) is 2. The summed E-state index contributed by atoms with van der Waals surface area (Å²) in [6.45, 7) is 8.77. The lowest BCUT2D eigenvalue weighted by Gasteiger charge is -2.44. The molecule has 15 heavy (non-hydrogen) atoms. The Balaban J connectivity index is 2.46. The Bertz CT molecular complexity index is 220. The molecule has 1 saturated heterocycles. The molecule has 0 aromatic carbocycles. The van der Waals surface area contributed by atoms with Crippen molar-refractivity contribution in [1.29, 1.82) is 0 Å². The zero-order valence-corrected chi connectivity index (χ0v) is 10.5. The third-order valence-corrected chi connectivity index (χ3v) is 3.24. The average Bonchev–Trinajstić information content (AvgIpc) is 2.18. The molecule has 0 bridgehead atoms. The van der Waals surface area contributed by atoms with Gasteiger partial charge in [-0.3, -0.25) is 4.79 Å². The number of quaternary nitrogens is 1. The van der Waals surface area contributed by atoms with Crippen LogP contribution in [-0.2, 0) is 4.79 Å². The smallest absolute Gasteiger partial charge is 0.219 e. The summed E-state index contributed by atoms with van der Waals surface area (Å²) >= 11 is 0. The number of nitrogens with zero attached hydrogens (tertiary/aromatic N) is 3. The topological polar surface area (TPSA) is 23.6 Å². The molecule has 1 heterocycles. The molecule has 0 spiro atoms. The Morgan fingerprint density at radius 2 is 1.73 bits per heavy atom. The highest BCUT2D eigenvalue weighted by molar-refractivity contribution is 5.73. The van der Waals surface area contributed by atoms with Crippen molar-refractivity contribution in [2.24, 2.45) is 0 Å². The van der Waals surface area contributed by atoms with Crippen LogP contribution in [0.1, 0.15) is 20.3 Å². The molecule has 88 valence electrons. The van der Waals surface area contributed by atoms with Gasteiger partial charge in [-0.1, -0.05) is 6.92 Å². The van der Waals surface area contributed by atoms with Gasteiger partial charge in [0.15, 0.2) is 0 Å². The fraction of sp³-hybridized carbons (Fsp3) is 0.909. The zero-order valence-electron chi connectivity index (χ0n) is 10.5. The number of hydrogen-bond donors (Lipinski definition) is 0. The molecule has 0 atom stereocenters. The van der Waals surface area contributed by atoms with Gasteiger partial charge >= 0.3 is 0 Å². The van der Waals surface area contributed by atoms with Gasteiger partial charge in [0, 0.05) is 20.0 Å². The van der Waals surface area contributed by atoms with Crippen molar-refractivity contribution in [3.8, 4) is 0 Å². The Hall–Kier alpha value is -0.610. The normalized spacial score (nSPS) is 19.3. The molecular formula is C11H24N3O+. The van der Waals surface area contributed by atoms with Crippen LogP contribution in [-0.4, -0.2) is 67.2 Å². The summed E-state index contributed by atoms with van der Waals surface area (Å²) in [6, 6.07) is 0. The van der Waals surface area contributed by atoms with Gasteiger partial charge in [-0.05, 0) is 6.42 Å². The summed E-state index contributed by atoms with van der Waals surface area (Å²) < 4.78 is 0.947. The first-order valence-corrected chi connectivity index (χ1v) is 5.81. The fourth-order valence-corrected chi connectivity index (χ4v) is 2.24. The van der Waals surface area contributed by atoms with Crippen LogP contribution in [0.4, 0.5) is 0 Å². The van der Waals surface area contributed by atoms with E-state index in [0.717, 1.165) is 30.8 Å². The molecule has 4 heteroatoms. The van der Waals surface area contributed by atoms with Gasteiger partial charge in [-0.2, -0.15) is 5.01 Å². The molecule has 0 aliphatic carbocycles. The quantitative estimate of drug-likeness (QED) is 0.641. The highest BCUT2D eigenvalue weighted by Gasteiger charge is 2.29. The lowest BCUT2D eigenvalue weighted by atomic mass is 10.3. The molecule has 0 aromatic heterocycles. The average molecular weight is 214 g/mol. The molecule has 0 aromatic rings. The molecule has 4 nitrogen and oxygen atoms in total. The van der Waals surface area contributed by atoms with Gasteiger partial charge in [0.2, 0.25) is 5.91 Å². The molecule has 0 radical (unpaired) electrons. The number of carbonyl (C=O) groups excluding carboxylic acids is 1. The Morgan fingerprint density at radius 1 is 1.20 bits per heavy atom. The molecule has 1 aliphatic heterocycles. The summed E-state index contributed by atoms with van der Waals surface area (Å²) in [6.07, 6.45) is 1.19. The lowest BCUT2D eigenvalue weighted by Crippen LogP contribution is -2.61. The molecular weight excluding hydrogens is 190 g/mol. The number of rotatable bonds is 3. The Labute approximate surface area is 93.0 Å². The van der Waals surface area contributed by atoms with E-state index in [9.17, 15) is 4.79 Å². The van der Waals surface area contributed by atoms with Gasteiger partial charge in [-0.25, -0.2) is 4.59 Å².